The minimum absolute atomic E-state index is 0.161. The van der Waals surface area contributed by atoms with Crippen molar-refractivity contribution in [1.82, 2.24) is 15.5 Å². The summed E-state index contributed by atoms with van der Waals surface area (Å²) in [5, 5.41) is 5.54. The molecule has 0 saturated carbocycles. The monoisotopic (exact) mass is 503 g/mol. The molecule has 7 heteroatoms. The zero-order valence-corrected chi connectivity index (χ0v) is 22.1. The third kappa shape index (κ3) is 9.16. The number of unbranched alkanes of at least 4 members (excludes halogenated alkanes) is 1. The van der Waals surface area contributed by atoms with Crippen LogP contribution in [0.2, 0.25) is 0 Å². The Balaban J connectivity index is 2.47. The molecule has 0 radical (unpaired) electrons. The maximum atomic E-state index is 13.9. The molecule has 0 spiro atoms. The summed E-state index contributed by atoms with van der Waals surface area (Å²) >= 11 is 0. The minimum atomic E-state index is -1.10. The lowest BCUT2D eigenvalue weighted by molar-refractivity contribution is -0.138. The Morgan fingerprint density at radius 1 is 1.14 bits per heavy atom. The zero-order chi connectivity index (χ0) is 27.4. The van der Waals surface area contributed by atoms with Crippen LogP contribution < -0.4 is 10.6 Å². The number of hydrogen-bond donors (Lipinski definition) is 2. The van der Waals surface area contributed by atoms with Gasteiger partial charge in [-0.2, -0.15) is 0 Å². The first-order valence-corrected chi connectivity index (χ1v) is 12.4. The Kier molecular flexibility index (Phi) is 11.0. The van der Waals surface area contributed by atoms with Crippen LogP contribution in [0.4, 0.5) is 4.79 Å². The Morgan fingerprint density at radius 2 is 1.84 bits per heavy atom. The van der Waals surface area contributed by atoms with Crippen LogP contribution in [-0.4, -0.2) is 41.0 Å². The lowest BCUT2D eigenvalue weighted by Gasteiger charge is -2.30. The van der Waals surface area contributed by atoms with E-state index in [0.29, 0.717) is 12.1 Å². The van der Waals surface area contributed by atoms with Gasteiger partial charge >= 0.3 is 6.09 Å². The first-order valence-electron chi connectivity index (χ1n) is 12.4. The smallest absolute Gasteiger partial charge is 0.408 e. The minimum Gasteiger partial charge on any atom is -0.444 e. The third-order valence-electron chi connectivity index (χ3n) is 5.45. The number of benzene rings is 2. The number of hydrogen-bond acceptors (Lipinski definition) is 4. The molecule has 0 aliphatic carbocycles. The summed E-state index contributed by atoms with van der Waals surface area (Å²) in [6.45, 7) is 11.5. The molecule has 2 aromatic rings. The Hall–Kier alpha value is -4.05. The summed E-state index contributed by atoms with van der Waals surface area (Å²) in [6.07, 6.45) is 8.59. The molecule has 0 aromatic heterocycles. The molecule has 2 unspecified atom stereocenters. The van der Waals surface area contributed by atoms with Crippen molar-refractivity contribution in [2.75, 3.05) is 6.54 Å². The highest BCUT2D eigenvalue weighted by atomic mass is 16.6. The number of carbonyl (C=O) groups is 3. The first-order chi connectivity index (χ1) is 17.6. The van der Waals surface area contributed by atoms with Gasteiger partial charge in [-0.3, -0.25) is 14.5 Å². The maximum Gasteiger partial charge on any atom is 0.408 e. The van der Waals surface area contributed by atoms with Crippen LogP contribution in [0.25, 0.3) is 6.08 Å². The van der Waals surface area contributed by atoms with E-state index in [1.165, 1.54) is 0 Å². The summed E-state index contributed by atoms with van der Waals surface area (Å²) < 4.78 is 5.39. The second-order valence-electron chi connectivity index (χ2n) is 9.65. The number of terminal acetylenes is 1. The van der Waals surface area contributed by atoms with Gasteiger partial charge in [0.05, 0.1) is 0 Å². The number of alkyl carbamates (subject to hydrolysis) is 1. The fraction of sp³-hybridized carbons (Fsp3) is 0.367. The highest BCUT2D eigenvalue weighted by Crippen LogP contribution is 2.24. The lowest BCUT2D eigenvalue weighted by Crippen LogP contribution is -2.52. The van der Waals surface area contributed by atoms with E-state index in [9.17, 15) is 14.4 Å². The van der Waals surface area contributed by atoms with Crippen molar-refractivity contribution < 1.29 is 19.1 Å². The topological polar surface area (TPSA) is 87.7 Å². The van der Waals surface area contributed by atoms with Crippen LogP contribution >= 0.6 is 0 Å². The second-order valence-corrected chi connectivity index (χ2v) is 9.65. The highest BCUT2D eigenvalue weighted by molar-refractivity contribution is 5.93. The molecule has 2 atom stereocenters. The fourth-order valence-electron chi connectivity index (χ4n) is 3.69. The van der Waals surface area contributed by atoms with Gasteiger partial charge in [0.1, 0.15) is 17.7 Å². The third-order valence-corrected chi connectivity index (χ3v) is 5.45. The van der Waals surface area contributed by atoms with Crippen molar-refractivity contribution in [1.29, 1.82) is 0 Å². The number of rotatable bonds is 11. The van der Waals surface area contributed by atoms with Gasteiger partial charge in [-0.25, -0.2) is 4.79 Å². The summed E-state index contributed by atoms with van der Waals surface area (Å²) in [7, 11) is 0. The van der Waals surface area contributed by atoms with E-state index >= 15 is 0 Å². The Labute approximate surface area is 220 Å². The predicted molar refractivity (Wildman–Crippen MR) is 146 cm³/mol. The number of carbonyl (C=O) groups excluding carboxylic acids is 3. The predicted octanol–water partition coefficient (Wildman–Crippen LogP) is 4.84. The van der Waals surface area contributed by atoms with E-state index < -0.39 is 35.6 Å². The molecule has 2 N–H and O–H groups in total. The van der Waals surface area contributed by atoms with E-state index in [2.05, 4.69) is 23.3 Å². The SMILES string of the molecule is C#CN(C(=O)C(Cc1ccccc1)NC(=O)OC(C)(C)C)C(C(=O)NCCCC)c1cccc(C=C)c1. The molecule has 0 fully saturated rings. The zero-order valence-electron chi connectivity index (χ0n) is 22.1. The normalized spacial score (nSPS) is 12.4. The Morgan fingerprint density at radius 3 is 2.43 bits per heavy atom. The quantitative estimate of drug-likeness (QED) is 0.261. The molecule has 7 nitrogen and oxygen atoms in total. The second kappa shape index (κ2) is 13.9. The molecule has 0 aliphatic rings. The lowest BCUT2D eigenvalue weighted by atomic mass is 9.99. The first kappa shape index (κ1) is 29.2. The van der Waals surface area contributed by atoms with E-state index in [0.717, 1.165) is 28.9 Å². The van der Waals surface area contributed by atoms with Crippen molar-refractivity contribution in [3.05, 3.63) is 77.9 Å². The van der Waals surface area contributed by atoms with Gasteiger partial charge in [0, 0.05) is 19.0 Å². The maximum absolute atomic E-state index is 13.9. The summed E-state index contributed by atoms with van der Waals surface area (Å²) in [5.41, 5.74) is 1.36. The van der Waals surface area contributed by atoms with Crippen molar-refractivity contribution in [3.63, 3.8) is 0 Å². The number of amides is 3. The average Bonchev–Trinajstić information content (AvgIpc) is 2.86. The van der Waals surface area contributed by atoms with Crippen molar-refractivity contribution in [2.45, 2.75) is 64.6 Å². The van der Waals surface area contributed by atoms with Crippen LogP contribution in [0, 0.1) is 12.5 Å². The van der Waals surface area contributed by atoms with Crippen LogP contribution in [-0.2, 0) is 20.7 Å². The van der Waals surface area contributed by atoms with Gasteiger partial charge in [-0.15, -0.1) is 0 Å². The highest BCUT2D eigenvalue weighted by Gasteiger charge is 2.36. The molecular weight excluding hydrogens is 466 g/mol. The molecule has 0 heterocycles. The summed E-state index contributed by atoms with van der Waals surface area (Å²) in [6, 6.07) is 16.6. The molecule has 196 valence electrons. The van der Waals surface area contributed by atoms with Crippen LogP contribution in [0.15, 0.2) is 61.2 Å². The molecule has 0 saturated heterocycles. The van der Waals surface area contributed by atoms with E-state index in [1.807, 2.05) is 43.3 Å². The van der Waals surface area contributed by atoms with E-state index in [4.69, 9.17) is 11.2 Å². The van der Waals surface area contributed by atoms with Gasteiger partial charge in [-0.1, -0.05) is 81.0 Å². The van der Waals surface area contributed by atoms with Gasteiger partial charge in [0.15, 0.2) is 0 Å². The van der Waals surface area contributed by atoms with E-state index in [-0.39, 0.29) is 6.42 Å². The Bertz CT molecular complexity index is 1120. The van der Waals surface area contributed by atoms with Crippen LogP contribution in [0.1, 0.15) is 63.3 Å². The van der Waals surface area contributed by atoms with Gasteiger partial charge < -0.3 is 15.4 Å². The molecular formula is C30H37N3O4. The van der Waals surface area contributed by atoms with Gasteiger partial charge in [-0.05, 0) is 49.9 Å². The van der Waals surface area contributed by atoms with Crippen molar-refractivity contribution >= 4 is 24.0 Å². The number of ether oxygens (including phenoxy) is 1. The van der Waals surface area contributed by atoms with Crippen molar-refractivity contribution in [2.24, 2.45) is 0 Å². The van der Waals surface area contributed by atoms with Crippen LogP contribution in [0.3, 0.4) is 0 Å². The van der Waals surface area contributed by atoms with E-state index in [1.54, 1.807) is 45.0 Å². The molecule has 2 rings (SSSR count). The van der Waals surface area contributed by atoms with Crippen LogP contribution in [0.5, 0.6) is 0 Å². The largest absolute Gasteiger partial charge is 0.444 e. The standard InChI is InChI=1S/C30H37N3O4/c1-7-10-19-31-27(34)26(24-18-14-17-22(8-2)20-24)33(9-3)28(35)25(21-23-15-12-11-13-16-23)32-29(36)37-30(4,5)6/h3,8,11-18,20,25-26H,2,7,10,19,21H2,1,4-6H3,(H,31,34)(H,32,36). The number of nitrogens with zero attached hydrogens (tertiary/aromatic N) is 1. The summed E-state index contributed by atoms with van der Waals surface area (Å²) in [5.74, 6) is -1.01. The molecule has 2 aromatic carbocycles. The number of nitrogens with one attached hydrogen (secondary N) is 2. The molecule has 3 amide bonds. The summed E-state index contributed by atoms with van der Waals surface area (Å²) in [4.78, 5) is 41.0. The molecule has 37 heavy (non-hydrogen) atoms. The van der Waals surface area contributed by atoms with Gasteiger partial charge in [0.25, 0.3) is 5.91 Å². The van der Waals surface area contributed by atoms with Crippen molar-refractivity contribution in [3.8, 4) is 12.5 Å². The average molecular weight is 504 g/mol. The van der Waals surface area contributed by atoms with Gasteiger partial charge in [0.2, 0.25) is 5.91 Å². The fourth-order valence-corrected chi connectivity index (χ4v) is 3.69. The molecule has 0 aliphatic heterocycles. The molecule has 0 bridgehead atoms.